The molecule has 3 aromatic heterocycles. The summed E-state index contributed by atoms with van der Waals surface area (Å²) in [6.45, 7) is 12.2. The molecule has 3 aromatic rings. The van der Waals surface area contributed by atoms with Crippen molar-refractivity contribution in [2.24, 2.45) is 0 Å². The Morgan fingerprint density at radius 2 is 1.88 bits per heavy atom. The number of rotatable bonds is 5. The van der Waals surface area contributed by atoms with Crippen molar-refractivity contribution in [2.75, 3.05) is 0 Å². The average Bonchev–Trinajstić information content (AvgIpc) is 3.14. The summed E-state index contributed by atoms with van der Waals surface area (Å²) in [6.07, 6.45) is 3.88. The summed E-state index contributed by atoms with van der Waals surface area (Å²) in [4.78, 5) is 10.3. The smallest absolute Gasteiger partial charge is 0.153 e. The van der Waals surface area contributed by atoms with Crippen LogP contribution in [0.4, 0.5) is 0 Å². The maximum atomic E-state index is 4.54. The highest BCUT2D eigenvalue weighted by Crippen LogP contribution is 2.26. The molecule has 5 nitrogen and oxygen atoms in total. The lowest BCUT2D eigenvalue weighted by atomic mass is 9.98. The quantitative estimate of drug-likeness (QED) is 0.753. The highest BCUT2D eigenvalue weighted by molar-refractivity contribution is 7.11. The van der Waals surface area contributed by atoms with Crippen LogP contribution in [0.1, 0.15) is 47.6 Å². The maximum absolute atomic E-state index is 4.54. The van der Waals surface area contributed by atoms with Crippen LogP contribution in [0.3, 0.4) is 0 Å². The van der Waals surface area contributed by atoms with Gasteiger partial charge in [0.25, 0.3) is 0 Å². The van der Waals surface area contributed by atoms with E-state index in [1.807, 2.05) is 37.0 Å². The molecule has 0 amide bonds. The Kier molecular flexibility index (Phi) is 5.01. The predicted molar refractivity (Wildman–Crippen MR) is 102 cm³/mol. The van der Waals surface area contributed by atoms with Crippen molar-refractivity contribution in [2.45, 2.75) is 53.1 Å². The van der Waals surface area contributed by atoms with Gasteiger partial charge in [-0.1, -0.05) is 26.8 Å². The molecule has 0 aliphatic rings. The highest BCUT2D eigenvalue weighted by Gasteiger charge is 2.17. The number of thiazole rings is 1. The molecule has 0 atom stereocenters. The van der Waals surface area contributed by atoms with Crippen molar-refractivity contribution in [3.63, 3.8) is 0 Å². The summed E-state index contributed by atoms with van der Waals surface area (Å²) in [5.41, 5.74) is 3.37. The molecule has 0 aliphatic heterocycles. The molecule has 3 heterocycles. The van der Waals surface area contributed by atoms with Crippen LogP contribution in [0, 0.1) is 13.8 Å². The van der Waals surface area contributed by atoms with E-state index in [2.05, 4.69) is 53.3 Å². The molecule has 0 aromatic carbocycles. The summed E-state index contributed by atoms with van der Waals surface area (Å²) in [6, 6.07) is 6.16. The molecule has 25 heavy (non-hydrogen) atoms. The van der Waals surface area contributed by atoms with Crippen LogP contribution in [0.5, 0.6) is 0 Å². The van der Waals surface area contributed by atoms with Crippen molar-refractivity contribution in [3.8, 4) is 5.82 Å². The van der Waals surface area contributed by atoms with Crippen LogP contribution in [-0.4, -0.2) is 19.7 Å². The zero-order valence-electron chi connectivity index (χ0n) is 15.5. The first-order valence-electron chi connectivity index (χ1n) is 8.47. The Hall–Kier alpha value is -2.05. The molecule has 0 saturated heterocycles. The van der Waals surface area contributed by atoms with Crippen LogP contribution >= 0.6 is 11.3 Å². The second-order valence-electron chi connectivity index (χ2n) is 7.35. The van der Waals surface area contributed by atoms with Gasteiger partial charge in [-0.05, 0) is 31.5 Å². The number of pyridine rings is 1. The van der Waals surface area contributed by atoms with E-state index in [1.165, 1.54) is 9.88 Å². The normalized spacial score (nSPS) is 11.9. The van der Waals surface area contributed by atoms with Gasteiger partial charge >= 0.3 is 0 Å². The van der Waals surface area contributed by atoms with Crippen molar-refractivity contribution in [1.29, 1.82) is 0 Å². The first kappa shape index (κ1) is 17.8. The molecule has 0 radical (unpaired) electrons. The molecular weight excluding hydrogens is 330 g/mol. The lowest BCUT2D eigenvalue weighted by molar-refractivity contribution is 0.585. The van der Waals surface area contributed by atoms with E-state index in [-0.39, 0.29) is 5.41 Å². The molecule has 0 aliphatic carbocycles. The zero-order valence-corrected chi connectivity index (χ0v) is 16.3. The molecule has 0 unspecified atom stereocenters. The Balaban J connectivity index is 1.57. The minimum atomic E-state index is 0.117. The third kappa shape index (κ3) is 4.32. The molecule has 1 N–H and O–H groups in total. The van der Waals surface area contributed by atoms with E-state index >= 15 is 0 Å². The lowest BCUT2D eigenvalue weighted by Crippen LogP contribution is -2.12. The number of aryl methyl sites for hydroxylation is 2. The maximum Gasteiger partial charge on any atom is 0.153 e. The summed E-state index contributed by atoms with van der Waals surface area (Å²) >= 11 is 1.78. The van der Waals surface area contributed by atoms with E-state index < -0.39 is 0 Å². The van der Waals surface area contributed by atoms with Gasteiger partial charge in [0, 0.05) is 41.5 Å². The fourth-order valence-electron chi connectivity index (χ4n) is 2.57. The molecular formula is C19H25N5S. The van der Waals surface area contributed by atoms with Gasteiger partial charge in [0.15, 0.2) is 5.82 Å². The minimum Gasteiger partial charge on any atom is -0.308 e. The molecule has 0 saturated carbocycles. The topological polar surface area (TPSA) is 55.6 Å². The average molecular weight is 356 g/mol. The summed E-state index contributed by atoms with van der Waals surface area (Å²) in [7, 11) is 0. The van der Waals surface area contributed by atoms with Gasteiger partial charge in [-0.3, -0.25) is 0 Å². The SMILES string of the molecule is Cc1cc(C)n(-c2ccc(CNCc3cnc(C(C)(C)C)s3)cn2)n1. The van der Waals surface area contributed by atoms with Crippen LogP contribution in [-0.2, 0) is 18.5 Å². The van der Waals surface area contributed by atoms with Gasteiger partial charge in [-0.15, -0.1) is 11.3 Å². The molecule has 0 bridgehead atoms. The molecule has 6 heteroatoms. The van der Waals surface area contributed by atoms with Crippen molar-refractivity contribution in [1.82, 2.24) is 25.1 Å². The van der Waals surface area contributed by atoms with Crippen LogP contribution in [0.15, 0.2) is 30.6 Å². The monoisotopic (exact) mass is 355 g/mol. The third-order valence-corrected chi connectivity index (χ3v) is 5.28. The number of hydrogen-bond donors (Lipinski definition) is 1. The van der Waals surface area contributed by atoms with Gasteiger partial charge < -0.3 is 5.32 Å². The fraction of sp³-hybridized carbons (Fsp3) is 0.421. The van der Waals surface area contributed by atoms with Crippen molar-refractivity contribution in [3.05, 3.63) is 57.4 Å². The van der Waals surface area contributed by atoms with Crippen molar-refractivity contribution < 1.29 is 0 Å². The second kappa shape index (κ2) is 7.06. The number of nitrogens with one attached hydrogen (secondary N) is 1. The number of hydrogen-bond acceptors (Lipinski definition) is 5. The van der Waals surface area contributed by atoms with Gasteiger partial charge in [0.05, 0.1) is 10.7 Å². The second-order valence-corrected chi connectivity index (χ2v) is 8.46. The summed E-state index contributed by atoms with van der Waals surface area (Å²) in [5, 5.41) is 9.11. The largest absolute Gasteiger partial charge is 0.308 e. The van der Waals surface area contributed by atoms with E-state index in [0.717, 1.165) is 35.9 Å². The van der Waals surface area contributed by atoms with Crippen LogP contribution in [0.2, 0.25) is 0 Å². The number of nitrogens with zero attached hydrogens (tertiary/aromatic N) is 4. The minimum absolute atomic E-state index is 0.117. The summed E-state index contributed by atoms with van der Waals surface area (Å²) < 4.78 is 1.87. The Labute approximate surface area is 153 Å². The van der Waals surface area contributed by atoms with Crippen molar-refractivity contribution >= 4 is 11.3 Å². The van der Waals surface area contributed by atoms with E-state index in [4.69, 9.17) is 0 Å². The van der Waals surface area contributed by atoms with Gasteiger partial charge in [-0.25, -0.2) is 14.6 Å². The first-order valence-corrected chi connectivity index (χ1v) is 9.29. The molecule has 132 valence electrons. The highest BCUT2D eigenvalue weighted by atomic mass is 32.1. The van der Waals surface area contributed by atoms with E-state index in [0.29, 0.717) is 0 Å². The van der Waals surface area contributed by atoms with Crippen LogP contribution < -0.4 is 5.32 Å². The van der Waals surface area contributed by atoms with E-state index in [1.54, 1.807) is 11.3 Å². The molecule has 3 rings (SSSR count). The zero-order chi connectivity index (χ0) is 18.0. The number of aromatic nitrogens is 4. The Morgan fingerprint density at radius 3 is 2.44 bits per heavy atom. The fourth-order valence-corrected chi connectivity index (χ4v) is 3.51. The third-order valence-electron chi connectivity index (χ3n) is 3.86. The Morgan fingerprint density at radius 1 is 1.08 bits per heavy atom. The van der Waals surface area contributed by atoms with E-state index in [9.17, 15) is 0 Å². The molecule has 0 fully saturated rings. The molecule has 0 spiro atoms. The van der Waals surface area contributed by atoms with Gasteiger partial charge in [-0.2, -0.15) is 5.10 Å². The lowest BCUT2D eigenvalue weighted by Gasteiger charge is -2.13. The Bertz CT molecular complexity index is 840. The summed E-state index contributed by atoms with van der Waals surface area (Å²) in [5.74, 6) is 0.853. The standard InChI is InChI=1S/C19H25N5S/c1-13-8-14(2)24(23-13)17-7-6-15(10-21-17)9-20-11-16-12-22-18(25-16)19(3,4)5/h6-8,10,12,20H,9,11H2,1-5H3. The first-order chi connectivity index (χ1) is 11.8. The van der Waals surface area contributed by atoms with Gasteiger partial charge in [0.1, 0.15) is 0 Å². The predicted octanol–water partition coefficient (Wildman–Crippen LogP) is 3.93. The van der Waals surface area contributed by atoms with Crippen LogP contribution in [0.25, 0.3) is 5.82 Å². The van der Waals surface area contributed by atoms with Gasteiger partial charge in [0.2, 0.25) is 0 Å².